The van der Waals surface area contributed by atoms with E-state index in [1.165, 1.54) is 17.3 Å². The predicted octanol–water partition coefficient (Wildman–Crippen LogP) is 2.04. The average molecular weight is 571 g/mol. The average Bonchev–Trinajstić information content (AvgIpc) is 3.44. The molecular formula is C24H32F2N6O4S2. The van der Waals surface area contributed by atoms with Crippen molar-refractivity contribution in [2.24, 2.45) is 0 Å². The van der Waals surface area contributed by atoms with Crippen LogP contribution in [0.5, 0.6) is 0 Å². The first-order valence-corrected chi connectivity index (χ1v) is 14.9. The maximum Gasteiger partial charge on any atom is 0.217 e. The van der Waals surface area contributed by atoms with E-state index in [2.05, 4.69) is 20.5 Å². The summed E-state index contributed by atoms with van der Waals surface area (Å²) in [6, 6.07) is 3.22. The SMILES string of the molecule is CC(=O)NC1CCN(CCCS(=O)(=O)N2CCC(Nc3nc(N)c(C(=O)c4c(F)cccc4F)s3)CC2)C1. The quantitative estimate of drug-likeness (QED) is 0.369. The molecule has 0 spiro atoms. The Bertz CT molecular complexity index is 1260. The van der Waals surface area contributed by atoms with Crippen LogP contribution in [0.1, 0.15) is 47.8 Å². The lowest BCUT2D eigenvalue weighted by molar-refractivity contribution is -0.119. The number of aromatic nitrogens is 1. The monoisotopic (exact) mass is 570 g/mol. The molecular weight excluding hydrogens is 538 g/mol. The number of nitrogens with zero attached hydrogens (tertiary/aromatic N) is 3. The van der Waals surface area contributed by atoms with Gasteiger partial charge in [0.1, 0.15) is 22.3 Å². The first-order valence-electron chi connectivity index (χ1n) is 12.5. The molecule has 2 aromatic rings. The number of nitrogen functional groups attached to an aromatic ring is 1. The van der Waals surface area contributed by atoms with Gasteiger partial charge in [0.05, 0.1) is 11.3 Å². The number of thiazole rings is 1. The van der Waals surface area contributed by atoms with Gasteiger partial charge in [-0.3, -0.25) is 9.59 Å². The largest absolute Gasteiger partial charge is 0.382 e. The van der Waals surface area contributed by atoms with Gasteiger partial charge in [-0.1, -0.05) is 17.4 Å². The van der Waals surface area contributed by atoms with Crippen molar-refractivity contribution >= 4 is 44.0 Å². The van der Waals surface area contributed by atoms with E-state index in [1.807, 2.05) is 0 Å². The van der Waals surface area contributed by atoms with Gasteiger partial charge in [-0.15, -0.1) is 0 Å². The molecule has 0 bridgehead atoms. The molecule has 38 heavy (non-hydrogen) atoms. The number of likely N-dealkylation sites (tertiary alicyclic amines) is 1. The van der Waals surface area contributed by atoms with E-state index in [0.29, 0.717) is 44.0 Å². The highest BCUT2D eigenvalue weighted by atomic mass is 32.2. The zero-order valence-electron chi connectivity index (χ0n) is 21.1. The molecule has 0 saturated carbocycles. The number of nitrogens with one attached hydrogen (secondary N) is 2. The maximum absolute atomic E-state index is 14.0. The summed E-state index contributed by atoms with van der Waals surface area (Å²) in [6.07, 6.45) is 2.46. The van der Waals surface area contributed by atoms with Gasteiger partial charge in [0.2, 0.25) is 21.7 Å². The molecule has 2 saturated heterocycles. The van der Waals surface area contributed by atoms with Crippen LogP contribution in [0, 0.1) is 11.6 Å². The van der Waals surface area contributed by atoms with Gasteiger partial charge >= 0.3 is 0 Å². The van der Waals surface area contributed by atoms with E-state index in [-0.39, 0.29) is 34.4 Å². The second-order valence-corrected chi connectivity index (χ2v) is 12.7. The molecule has 1 unspecified atom stereocenters. The number of carbonyl (C=O) groups excluding carboxylic acids is 2. The fourth-order valence-electron chi connectivity index (χ4n) is 4.88. The Balaban J connectivity index is 1.25. The Labute approximate surface area is 224 Å². The number of halogens is 2. The topological polar surface area (TPSA) is 138 Å². The summed E-state index contributed by atoms with van der Waals surface area (Å²) in [5.41, 5.74) is 5.19. The first kappa shape index (κ1) is 28.3. The highest BCUT2D eigenvalue weighted by Gasteiger charge is 2.30. The second kappa shape index (κ2) is 12.0. The van der Waals surface area contributed by atoms with E-state index >= 15 is 0 Å². The lowest BCUT2D eigenvalue weighted by Crippen LogP contribution is -2.43. The van der Waals surface area contributed by atoms with Crippen molar-refractivity contribution in [1.29, 1.82) is 0 Å². The molecule has 2 aliphatic heterocycles. The zero-order chi connectivity index (χ0) is 27.4. The van der Waals surface area contributed by atoms with Crippen LogP contribution in [0.3, 0.4) is 0 Å². The highest BCUT2D eigenvalue weighted by molar-refractivity contribution is 7.89. The molecule has 208 valence electrons. The van der Waals surface area contributed by atoms with Crippen molar-refractivity contribution in [1.82, 2.24) is 19.5 Å². The number of ketones is 1. The first-order chi connectivity index (χ1) is 18.0. The number of carbonyl (C=O) groups is 2. The molecule has 10 nitrogen and oxygen atoms in total. The maximum atomic E-state index is 14.0. The third-order valence-corrected chi connectivity index (χ3v) is 9.74. The molecule has 3 heterocycles. The van der Waals surface area contributed by atoms with Crippen molar-refractivity contribution in [3.8, 4) is 0 Å². The fraction of sp³-hybridized carbons (Fsp3) is 0.542. The molecule has 1 atom stereocenters. The molecule has 2 aliphatic rings. The Morgan fingerprint density at radius 3 is 2.45 bits per heavy atom. The van der Waals surface area contributed by atoms with E-state index in [4.69, 9.17) is 5.73 Å². The third kappa shape index (κ3) is 6.84. The lowest BCUT2D eigenvalue weighted by atomic mass is 10.1. The summed E-state index contributed by atoms with van der Waals surface area (Å²) >= 11 is 0.916. The Kier molecular flexibility index (Phi) is 8.96. The molecule has 4 N–H and O–H groups in total. The summed E-state index contributed by atoms with van der Waals surface area (Å²) in [5, 5.41) is 6.42. The second-order valence-electron chi connectivity index (χ2n) is 9.63. The molecule has 4 rings (SSSR count). The standard InChI is InChI=1S/C24H32F2N6O4S2/c1-15(33)28-17-6-10-31(14-17)9-3-13-38(35,36)32-11-7-16(8-12-32)29-24-30-23(27)22(37-24)21(34)20-18(25)4-2-5-19(20)26/h2,4-5,16-17H,3,6-14,27H2,1H3,(H,28,33)(H,29,30). The van der Waals surface area contributed by atoms with Gasteiger partial charge in [-0.25, -0.2) is 26.5 Å². The van der Waals surface area contributed by atoms with Gasteiger partial charge in [-0.05, 0) is 44.4 Å². The van der Waals surface area contributed by atoms with Gasteiger partial charge in [0.25, 0.3) is 0 Å². The van der Waals surface area contributed by atoms with E-state index < -0.39 is 33.0 Å². The molecule has 0 aliphatic carbocycles. The molecule has 14 heteroatoms. The van der Waals surface area contributed by atoms with Crippen molar-refractivity contribution < 1.29 is 26.8 Å². The molecule has 0 radical (unpaired) electrons. The Morgan fingerprint density at radius 2 is 1.79 bits per heavy atom. The smallest absolute Gasteiger partial charge is 0.217 e. The minimum atomic E-state index is -3.40. The van der Waals surface area contributed by atoms with Crippen molar-refractivity contribution in [2.45, 2.75) is 44.7 Å². The number of amides is 1. The number of nitrogens with two attached hydrogens (primary N) is 1. The molecule has 1 amide bonds. The van der Waals surface area contributed by atoms with Crippen LogP contribution < -0.4 is 16.4 Å². The van der Waals surface area contributed by atoms with Gasteiger partial charge in [0, 0.05) is 45.2 Å². The highest BCUT2D eigenvalue weighted by Crippen LogP contribution is 2.30. The summed E-state index contributed by atoms with van der Waals surface area (Å²) < 4.78 is 55.3. The van der Waals surface area contributed by atoms with E-state index in [9.17, 15) is 26.8 Å². The van der Waals surface area contributed by atoms with Crippen LogP contribution >= 0.6 is 11.3 Å². The molecule has 2 fully saturated rings. The van der Waals surface area contributed by atoms with Crippen LogP contribution in [0.2, 0.25) is 0 Å². The minimum absolute atomic E-state index is 0.0532. The van der Waals surface area contributed by atoms with Crippen LogP contribution in [0.4, 0.5) is 19.7 Å². The molecule has 1 aromatic heterocycles. The summed E-state index contributed by atoms with van der Waals surface area (Å²) in [6.45, 7) is 4.43. The summed E-state index contributed by atoms with van der Waals surface area (Å²) in [4.78, 5) is 30.1. The number of piperidine rings is 1. The van der Waals surface area contributed by atoms with Crippen molar-refractivity contribution in [3.05, 3.63) is 40.3 Å². The Morgan fingerprint density at radius 1 is 1.13 bits per heavy atom. The van der Waals surface area contributed by atoms with Gasteiger partial charge in [-0.2, -0.15) is 0 Å². The van der Waals surface area contributed by atoms with Crippen LogP contribution in [-0.4, -0.2) is 84.9 Å². The van der Waals surface area contributed by atoms with Gasteiger partial charge < -0.3 is 21.3 Å². The lowest BCUT2D eigenvalue weighted by Gasteiger charge is -2.31. The zero-order valence-corrected chi connectivity index (χ0v) is 22.7. The fourth-order valence-corrected chi connectivity index (χ4v) is 7.31. The molecule has 1 aromatic carbocycles. The third-order valence-electron chi connectivity index (χ3n) is 6.78. The number of sulfonamides is 1. The van der Waals surface area contributed by atoms with E-state index in [0.717, 1.165) is 43.0 Å². The van der Waals surface area contributed by atoms with Gasteiger partial charge in [0.15, 0.2) is 5.13 Å². The van der Waals surface area contributed by atoms with E-state index in [1.54, 1.807) is 0 Å². The van der Waals surface area contributed by atoms with Crippen molar-refractivity contribution in [2.75, 3.05) is 49.5 Å². The summed E-state index contributed by atoms with van der Waals surface area (Å²) in [7, 11) is -3.40. The minimum Gasteiger partial charge on any atom is -0.382 e. The number of anilines is 2. The number of rotatable bonds is 10. The number of hydrogen-bond acceptors (Lipinski definition) is 9. The van der Waals surface area contributed by atoms with Crippen LogP contribution in [0.15, 0.2) is 18.2 Å². The van der Waals surface area contributed by atoms with Crippen LogP contribution in [0.25, 0.3) is 0 Å². The predicted molar refractivity (Wildman–Crippen MR) is 142 cm³/mol. The normalized spacial score (nSPS) is 19.5. The van der Waals surface area contributed by atoms with Crippen molar-refractivity contribution in [3.63, 3.8) is 0 Å². The number of hydrogen-bond donors (Lipinski definition) is 3. The Hall–Kier alpha value is -2.68. The summed E-state index contributed by atoms with van der Waals surface area (Å²) in [5.74, 6) is -2.92. The van der Waals surface area contributed by atoms with Crippen LogP contribution in [-0.2, 0) is 14.8 Å². The number of benzene rings is 1.